The zero-order valence-corrected chi connectivity index (χ0v) is 14.2. The number of oxime groups is 1. The normalized spacial score (nSPS) is 13.7. The van der Waals surface area contributed by atoms with Gasteiger partial charge in [0.15, 0.2) is 6.35 Å². The topological polar surface area (TPSA) is 101 Å². The number of hydrogen-bond donors (Lipinski definition) is 2. The Morgan fingerprint density at radius 3 is 2.96 bits per heavy atom. The van der Waals surface area contributed by atoms with Gasteiger partial charge in [0.2, 0.25) is 0 Å². The molecule has 2 aromatic rings. The second-order valence-corrected chi connectivity index (χ2v) is 7.59. The summed E-state index contributed by atoms with van der Waals surface area (Å²) in [5.41, 5.74) is 5.95. The number of ether oxygens (including phenoxy) is 1. The fourth-order valence-electron chi connectivity index (χ4n) is 2.63. The summed E-state index contributed by atoms with van der Waals surface area (Å²) in [6.45, 7) is 1.84. The number of rotatable bonds is 5. The molecule has 2 N–H and O–H groups in total. The highest BCUT2D eigenvalue weighted by Gasteiger charge is 2.29. The molecule has 1 aliphatic carbocycles. The Hall–Kier alpha value is -1.73. The van der Waals surface area contributed by atoms with E-state index in [1.165, 1.54) is 7.11 Å². The molecule has 23 heavy (non-hydrogen) atoms. The zero-order valence-electron chi connectivity index (χ0n) is 12.5. The average Bonchev–Trinajstić information content (AvgIpc) is 3.04. The van der Waals surface area contributed by atoms with Gasteiger partial charge in [-0.1, -0.05) is 5.16 Å². The molecule has 0 saturated carbocycles. The van der Waals surface area contributed by atoms with Crippen LogP contribution < -0.4 is 4.74 Å². The van der Waals surface area contributed by atoms with Crippen molar-refractivity contribution in [2.45, 2.75) is 13.3 Å². The van der Waals surface area contributed by atoms with Crippen molar-refractivity contribution in [3.05, 3.63) is 33.6 Å². The van der Waals surface area contributed by atoms with E-state index in [0.717, 1.165) is 33.0 Å². The number of benzene rings is 1. The third kappa shape index (κ3) is 3.16. The van der Waals surface area contributed by atoms with Crippen LogP contribution in [0.5, 0.6) is 5.75 Å². The molecule has 3 rings (SSSR count). The lowest BCUT2D eigenvalue weighted by atomic mass is 9.98. The van der Waals surface area contributed by atoms with E-state index < -0.39 is 13.9 Å². The van der Waals surface area contributed by atoms with Gasteiger partial charge in [-0.2, -0.15) is 0 Å². The van der Waals surface area contributed by atoms with Crippen LogP contribution in [-0.2, 0) is 15.8 Å². The molecular formula is C14H15N2O5PS. The summed E-state index contributed by atoms with van der Waals surface area (Å²) in [6, 6.07) is 3.51. The molecule has 0 amide bonds. The lowest BCUT2D eigenvalue weighted by Gasteiger charge is -2.14. The van der Waals surface area contributed by atoms with Crippen molar-refractivity contribution in [1.29, 1.82) is 0 Å². The monoisotopic (exact) mass is 354 g/mol. The Bertz CT molecular complexity index is 827. The quantitative estimate of drug-likeness (QED) is 0.415. The lowest BCUT2D eigenvalue weighted by Crippen LogP contribution is -2.04. The summed E-state index contributed by atoms with van der Waals surface area (Å²) in [4.78, 5) is 28.4. The van der Waals surface area contributed by atoms with Crippen molar-refractivity contribution >= 4 is 24.6 Å². The largest absolute Gasteiger partial charge is 0.480 e. The van der Waals surface area contributed by atoms with Crippen LogP contribution in [0.2, 0.25) is 0 Å². The van der Waals surface area contributed by atoms with Crippen LogP contribution in [0.4, 0.5) is 0 Å². The van der Waals surface area contributed by atoms with Gasteiger partial charge in [-0.05, 0) is 24.6 Å². The molecule has 0 spiro atoms. The number of thiazole rings is 1. The summed E-state index contributed by atoms with van der Waals surface area (Å²) in [7, 11) is -2.77. The number of hydrogen-bond acceptors (Lipinski definition) is 6. The van der Waals surface area contributed by atoms with Gasteiger partial charge in [0.1, 0.15) is 12.9 Å². The smallest absolute Gasteiger partial charge is 0.362 e. The van der Waals surface area contributed by atoms with Gasteiger partial charge in [-0.25, -0.2) is 4.98 Å². The minimum absolute atomic E-state index is 0.418. The van der Waals surface area contributed by atoms with Crippen molar-refractivity contribution < 1.29 is 23.9 Å². The third-order valence-electron chi connectivity index (χ3n) is 3.50. The molecular weight excluding hydrogens is 339 g/mol. The summed E-state index contributed by atoms with van der Waals surface area (Å²) in [5.74, 6) is 0.418. The van der Waals surface area contributed by atoms with E-state index >= 15 is 0 Å². The molecule has 9 heteroatoms. The first kappa shape index (κ1) is 16.1. The number of aromatic nitrogens is 1. The van der Waals surface area contributed by atoms with Crippen LogP contribution in [0.15, 0.2) is 22.8 Å². The fraction of sp³-hybridized carbons (Fsp3) is 0.286. The summed E-state index contributed by atoms with van der Waals surface area (Å²) in [6.07, 6.45) is 0.0255. The number of nitrogens with zero attached hydrogens (tertiary/aromatic N) is 2. The summed E-state index contributed by atoms with van der Waals surface area (Å²) in [5, 5.41) is 3.97. The van der Waals surface area contributed by atoms with Crippen molar-refractivity contribution in [3.63, 3.8) is 0 Å². The van der Waals surface area contributed by atoms with E-state index in [1.54, 1.807) is 22.9 Å². The SMILES string of the molecule is CON=C(C)c1ccc(OCP(=O)(O)O)c2c1Cc1scnc1-2. The van der Waals surface area contributed by atoms with Crippen LogP contribution in [0.1, 0.15) is 22.9 Å². The zero-order chi connectivity index (χ0) is 16.6. The summed E-state index contributed by atoms with van der Waals surface area (Å²) >= 11 is 1.54. The van der Waals surface area contributed by atoms with Gasteiger partial charge in [0.25, 0.3) is 0 Å². The number of fused-ring (bicyclic) bond motifs is 3. The van der Waals surface area contributed by atoms with Gasteiger partial charge < -0.3 is 19.4 Å². The predicted molar refractivity (Wildman–Crippen MR) is 87.1 cm³/mol. The average molecular weight is 354 g/mol. The van der Waals surface area contributed by atoms with Crippen LogP contribution in [0, 0.1) is 0 Å². The van der Waals surface area contributed by atoms with E-state index in [4.69, 9.17) is 19.4 Å². The van der Waals surface area contributed by atoms with Gasteiger partial charge in [0.05, 0.1) is 16.9 Å². The van der Waals surface area contributed by atoms with E-state index in [2.05, 4.69) is 10.1 Å². The molecule has 0 atom stereocenters. The fourth-order valence-corrected chi connectivity index (χ4v) is 3.72. The molecule has 0 fully saturated rings. The Kier molecular flexibility index (Phi) is 4.25. The van der Waals surface area contributed by atoms with Gasteiger partial charge in [-0.15, -0.1) is 11.3 Å². The second-order valence-electron chi connectivity index (χ2n) is 5.06. The maximum absolute atomic E-state index is 11.1. The van der Waals surface area contributed by atoms with Crippen molar-refractivity contribution in [2.75, 3.05) is 13.5 Å². The first-order valence-electron chi connectivity index (χ1n) is 6.75. The van der Waals surface area contributed by atoms with Crippen LogP contribution >= 0.6 is 18.9 Å². The third-order valence-corrected chi connectivity index (χ3v) is 4.79. The van der Waals surface area contributed by atoms with Crippen molar-refractivity contribution in [3.8, 4) is 17.0 Å². The van der Waals surface area contributed by atoms with Crippen molar-refractivity contribution in [1.82, 2.24) is 4.98 Å². The molecule has 1 aliphatic rings. The molecule has 0 saturated heterocycles. The molecule has 0 bridgehead atoms. The Morgan fingerprint density at radius 1 is 1.48 bits per heavy atom. The van der Waals surface area contributed by atoms with Gasteiger partial charge in [0, 0.05) is 22.4 Å². The Morgan fingerprint density at radius 2 is 2.26 bits per heavy atom. The maximum Gasteiger partial charge on any atom is 0.362 e. The molecule has 122 valence electrons. The molecule has 1 heterocycles. The highest BCUT2D eigenvalue weighted by atomic mass is 32.1. The predicted octanol–water partition coefficient (Wildman–Crippen LogP) is 2.60. The van der Waals surface area contributed by atoms with Crippen LogP contribution in [0.3, 0.4) is 0 Å². The van der Waals surface area contributed by atoms with E-state index in [9.17, 15) is 4.57 Å². The van der Waals surface area contributed by atoms with E-state index in [0.29, 0.717) is 12.2 Å². The first-order chi connectivity index (χ1) is 10.9. The highest BCUT2D eigenvalue weighted by molar-refractivity contribution is 7.51. The van der Waals surface area contributed by atoms with Gasteiger partial charge >= 0.3 is 7.60 Å². The van der Waals surface area contributed by atoms with E-state index in [-0.39, 0.29) is 0 Å². The van der Waals surface area contributed by atoms with Gasteiger partial charge in [-0.3, -0.25) is 4.57 Å². The van der Waals surface area contributed by atoms with Crippen LogP contribution in [0.25, 0.3) is 11.3 Å². The molecule has 1 aromatic heterocycles. The van der Waals surface area contributed by atoms with Crippen LogP contribution in [-0.4, -0.2) is 33.9 Å². The Balaban J connectivity index is 2.09. The molecule has 0 unspecified atom stereocenters. The molecule has 0 radical (unpaired) electrons. The second kappa shape index (κ2) is 6.05. The lowest BCUT2D eigenvalue weighted by molar-refractivity contribution is 0.213. The standard InChI is InChI=1S/C14H15N2O5PS/c1-8(16-20-2)9-3-4-11(21-7-22(17,18)19)13-10(9)5-12-14(13)15-6-23-12/h3-4,6H,5,7H2,1-2H3,(H2,17,18,19). The Labute approximate surface area is 136 Å². The minimum Gasteiger partial charge on any atom is -0.480 e. The van der Waals surface area contributed by atoms with Crippen molar-refractivity contribution in [2.24, 2.45) is 5.16 Å². The molecule has 0 aliphatic heterocycles. The molecule has 7 nitrogen and oxygen atoms in total. The maximum atomic E-state index is 11.1. The first-order valence-corrected chi connectivity index (χ1v) is 9.42. The van der Waals surface area contributed by atoms with E-state index in [1.807, 2.05) is 13.0 Å². The minimum atomic E-state index is -4.25. The highest BCUT2D eigenvalue weighted by Crippen LogP contribution is 2.46. The molecule has 1 aromatic carbocycles. The summed E-state index contributed by atoms with van der Waals surface area (Å²) < 4.78 is 16.4.